The molecule has 0 aliphatic rings. The molecule has 3 rings (SSSR count). The minimum absolute atomic E-state index is 0.227. The van der Waals surface area contributed by atoms with Gasteiger partial charge in [0.25, 0.3) is 0 Å². The number of hydrogen-bond acceptors (Lipinski definition) is 3. The monoisotopic (exact) mass is 371 g/mol. The standard InChI is InChI=1S/C17H14BrN3O2/c18-15-8-4-5-9-16(15)21-11-14(10-19-21)20-17(22)23-12-13-6-2-1-3-7-13/h1-11H,12H2,(H,20,22). The molecule has 1 heterocycles. The summed E-state index contributed by atoms with van der Waals surface area (Å²) in [6.07, 6.45) is 2.79. The second kappa shape index (κ2) is 7.11. The first-order valence-electron chi connectivity index (χ1n) is 6.99. The van der Waals surface area contributed by atoms with Gasteiger partial charge in [0.1, 0.15) is 6.61 Å². The Hall–Kier alpha value is -2.60. The van der Waals surface area contributed by atoms with Crippen LogP contribution in [0.15, 0.2) is 71.5 Å². The summed E-state index contributed by atoms with van der Waals surface area (Å²) in [5, 5.41) is 6.90. The summed E-state index contributed by atoms with van der Waals surface area (Å²) < 4.78 is 7.77. The molecule has 0 unspecified atom stereocenters. The molecule has 0 atom stereocenters. The number of carbonyl (C=O) groups excluding carboxylic acids is 1. The van der Waals surface area contributed by atoms with Gasteiger partial charge >= 0.3 is 6.09 Å². The van der Waals surface area contributed by atoms with Crippen molar-refractivity contribution in [3.8, 4) is 5.69 Å². The molecule has 3 aromatic rings. The number of hydrogen-bond donors (Lipinski definition) is 1. The smallest absolute Gasteiger partial charge is 0.412 e. The van der Waals surface area contributed by atoms with Crippen molar-refractivity contribution in [2.75, 3.05) is 5.32 Å². The molecule has 1 aromatic heterocycles. The van der Waals surface area contributed by atoms with E-state index in [1.165, 1.54) is 0 Å². The fraction of sp³-hybridized carbons (Fsp3) is 0.0588. The van der Waals surface area contributed by atoms with Gasteiger partial charge in [0.2, 0.25) is 0 Å². The van der Waals surface area contributed by atoms with Gasteiger partial charge in [-0.2, -0.15) is 5.10 Å². The highest BCUT2D eigenvalue weighted by Gasteiger charge is 2.08. The van der Waals surface area contributed by atoms with E-state index in [4.69, 9.17) is 4.74 Å². The zero-order valence-electron chi connectivity index (χ0n) is 12.1. The maximum Gasteiger partial charge on any atom is 0.412 e. The molecule has 0 bridgehead atoms. The molecular formula is C17H14BrN3O2. The van der Waals surface area contributed by atoms with Crippen molar-refractivity contribution >= 4 is 27.7 Å². The van der Waals surface area contributed by atoms with Crippen LogP contribution in [-0.4, -0.2) is 15.9 Å². The summed E-state index contributed by atoms with van der Waals surface area (Å²) in [4.78, 5) is 11.8. The highest BCUT2D eigenvalue weighted by atomic mass is 79.9. The van der Waals surface area contributed by atoms with Crippen LogP contribution in [0.4, 0.5) is 10.5 Å². The molecule has 1 N–H and O–H groups in total. The van der Waals surface area contributed by atoms with E-state index in [0.29, 0.717) is 5.69 Å². The van der Waals surface area contributed by atoms with Crippen LogP contribution in [-0.2, 0) is 11.3 Å². The maximum atomic E-state index is 11.8. The second-order valence-corrected chi connectivity index (χ2v) is 5.67. The van der Waals surface area contributed by atoms with Crippen molar-refractivity contribution in [3.05, 3.63) is 77.0 Å². The van der Waals surface area contributed by atoms with Crippen LogP contribution in [0.2, 0.25) is 0 Å². The fourth-order valence-corrected chi connectivity index (χ4v) is 2.50. The predicted molar refractivity (Wildman–Crippen MR) is 91.5 cm³/mol. The summed E-state index contributed by atoms with van der Waals surface area (Å²) in [5.41, 5.74) is 2.39. The van der Waals surface area contributed by atoms with Crippen LogP contribution in [0.1, 0.15) is 5.56 Å². The molecule has 0 spiro atoms. The number of carbonyl (C=O) groups is 1. The van der Waals surface area contributed by atoms with E-state index >= 15 is 0 Å². The predicted octanol–water partition coefficient (Wildman–Crippen LogP) is 4.38. The zero-order chi connectivity index (χ0) is 16.1. The van der Waals surface area contributed by atoms with Crippen LogP contribution in [0.5, 0.6) is 0 Å². The van der Waals surface area contributed by atoms with E-state index < -0.39 is 6.09 Å². The number of para-hydroxylation sites is 1. The van der Waals surface area contributed by atoms with Gasteiger partial charge in [-0.1, -0.05) is 42.5 Å². The quantitative estimate of drug-likeness (QED) is 0.739. The van der Waals surface area contributed by atoms with Gasteiger partial charge in [-0.05, 0) is 33.6 Å². The average molecular weight is 372 g/mol. The molecule has 6 heteroatoms. The van der Waals surface area contributed by atoms with Crippen LogP contribution in [0.25, 0.3) is 5.69 Å². The van der Waals surface area contributed by atoms with Crippen molar-refractivity contribution in [2.45, 2.75) is 6.61 Å². The number of aromatic nitrogens is 2. The highest BCUT2D eigenvalue weighted by Crippen LogP contribution is 2.21. The summed E-state index contributed by atoms with van der Waals surface area (Å²) in [7, 11) is 0. The summed E-state index contributed by atoms with van der Waals surface area (Å²) in [5.74, 6) is 0. The molecule has 0 aliphatic carbocycles. The summed E-state index contributed by atoms with van der Waals surface area (Å²) >= 11 is 3.47. The third-order valence-electron chi connectivity index (χ3n) is 3.14. The van der Waals surface area contributed by atoms with Crippen molar-refractivity contribution in [3.63, 3.8) is 0 Å². The number of nitrogens with one attached hydrogen (secondary N) is 1. The number of rotatable bonds is 4. The van der Waals surface area contributed by atoms with Crippen molar-refractivity contribution in [2.24, 2.45) is 0 Å². The lowest BCUT2D eigenvalue weighted by molar-refractivity contribution is 0.155. The lowest BCUT2D eigenvalue weighted by Gasteiger charge is -2.05. The van der Waals surface area contributed by atoms with Gasteiger partial charge in [0.05, 0.1) is 23.8 Å². The van der Waals surface area contributed by atoms with E-state index in [0.717, 1.165) is 15.7 Å². The lowest BCUT2D eigenvalue weighted by Crippen LogP contribution is -2.13. The zero-order valence-corrected chi connectivity index (χ0v) is 13.7. The molecule has 0 radical (unpaired) electrons. The molecule has 2 aromatic carbocycles. The van der Waals surface area contributed by atoms with Crippen molar-refractivity contribution in [1.29, 1.82) is 0 Å². The van der Waals surface area contributed by atoms with Crippen LogP contribution < -0.4 is 5.32 Å². The molecule has 5 nitrogen and oxygen atoms in total. The Morgan fingerprint density at radius 3 is 2.65 bits per heavy atom. The van der Waals surface area contributed by atoms with Crippen LogP contribution in [0.3, 0.4) is 0 Å². The Balaban J connectivity index is 1.61. The second-order valence-electron chi connectivity index (χ2n) is 4.81. The first-order valence-corrected chi connectivity index (χ1v) is 7.79. The molecule has 0 aliphatic heterocycles. The van der Waals surface area contributed by atoms with E-state index in [2.05, 4.69) is 26.3 Å². The van der Waals surface area contributed by atoms with Crippen molar-refractivity contribution < 1.29 is 9.53 Å². The van der Waals surface area contributed by atoms with Crippen LogP contribution in [0, 0.1) is 0 Å². The molecule has 0 fully saturated rings. The Bertz CT molecular complexity index is 802. The average Bonchev–Trinajstić information content (AvgIpc) is 3.02. The summed E-state index contributed by atoms with van der Waals surface area (Å²) in [6.45, 7) is 0.227. The topological polar surface area (TPSA) is 56.2 Å². The van der Waals surface area contributed by atoms with E-state index in [9.17, 15) is 4.79 Å². The summed E-state index contributed by atoms with van der Waals surface area (Å²) in [6, 6.07) is 17.2. The minimum atomic E-state index is -0.513. The Morgan fingerprint density at radius 2 is 1.87 bits per heavy atom. The highest BCUT2D eigenvalue weighted by molar-refractivity contribution is 9.10. The third-order valence-corrected chi connectivity index (χ3v) is 3.81. The Morgan fingerprint density at radius 1 is 1.13 bits per heavy atom. The number of amides is 1. The van der Waals surface area contributed by atoms with Gasteiger partial charge in [-0.15, -0.1) is 0 Å². The van der Waals surface area contributed by atoms with E-state index in [-0.39, 0.29) is 6.61 Å². The van der Waals surface area contributed by atoms with Gasteiger partial charge in [0.15, 0.2) is 0 Å². The fourth-order valence-electron chi connectivity index (χ4n) is 2.03. The maximum absolute atomic E-state index is 11.8. The van der Waals surface area contributed by atoms with Gasteiger partial charge < -0.3 is 4.74 Å². The first-order chi connectivity index (χ1) is 11.2. The lowest BCUT2D eigenvalue weighted by atomic mass is 10.2. The number of nitrogens with zero attached hydrogens (tertiary/aromatic N) is 2. The van der Waals surface area contributed by atoms with Crippen molar-refractivity contribution in [1.82, 2.24) is 9.78 Å². The Labute approximate surface area is 142 Å². The van der Waals surface area contributed by atoms with E-state index in [1.807, 2.05) is 54.6 Å². The number of ether oxygens (including phenoxy) is 1. The first kappa shape index (κ1) is 15.3. The Kier molecular flexibility index (Phi) is 4.73. The SMILES string of the molecule is O=C(Nc1cnn(-c2ccccc2Br)c1)OCc1ccccc1. The van der Waals surface area contributed by atoms with Gasteiger partial charge in [0, 0.05) is 4.47 Å². The van der Waals surface area contributed by atoms with Crippen LogP contribution >= 0.6 is 15.9 Å². The molecule has 23 heavy (non-hydrogen) atoms. The number of anilines is 1. The largest absolute Gasteiger partial charge is 0.444 e. The van der Waals surface area contributed by atoms with E-state index in [1.54, 1.807) is 17.1 Å². The molecule has 0 saturated heterocycles. The van der Waals surface area contributed by atoms with Gasteiger partial charge in [-0.3, -0.25) is 5.32 Å². The van der Waals surface area contributed by atoms with Gasteiger partial charge in [-0.25, -0.2) is 9.48 Å². The molecule has 116 valence electrons. The third kappa shape index (κ3) is 3.98. The number of halogens is 1. The molecule has 0 saturated carbocycles. The molecular weight excluding hydrogens is 358 g/mol. The number of benzene rings is 2. The minimum Gasteiger partial charge on any atom is -0.444 e. The molecule has 1 amide bonds. The normalized spacial score (nSPS) is 10.3.